The van der Waals surface area contributed by atoms with E-state index in [9.17, 15) is 9.59 Å². The second-order valence-electron chi connectivity index (χ2n) is 8.63. The maximum Gasteiger partial charge on any atom is 0.338 e. The Labute approximate surface area is 233 Å². The van der Waals surface area contributed by atoms with Gasteiger partial charge in [0.1, 0.15) is 17.5 Å². The van der Waals surface area contributed by atoms with Crippen LogP contribution in [0.3, 0.4) is 0 Å². The van der Waals surface area contributed by atoms with Crippen LogP contribution in [-0.4, -0.2) is 29.9 Å². The third-order valence-corrected chi connectivity index (χ3v) is 7.47. The molecule has 0 N–H and O–H groups in total. The van der Waals surface area contributed by atoms with Gasteiger partial charge >= 0.3 is 5.97 Å². The number of ether oxygens (including phenoxy) is 3. The zero-order valence-electron chi connectivity index (χ0n) is 21.4. The molecule has 2 aromatic carbocycles. The van der Waals surface area contributed by atoms with Crippen molar-refractivity contribution in [1.82, 2.24) is 4.57 Å². The molecule has 2 heterocycles. The van der Waals surface area contributed by atoms with Crippen LogP contribution in [0.15, 0.2) is 63.5 Å². The van der Waals surface area contributed by atoms with Crippen LogP contribution >= 0.6 is 33.9 Å². The molecule has 1 aliphatic rings. The van der Waals surface area contributed by atoms with E-state index in [2.05, 4.69) is 27.6 Å². The average molecular weight is 633 g/mol. The van der Waals surface area contributed by atoms with Gasteiger partial charge in [-0.1, -0.05) is 35.6 Å². The molecular weight excluding hydrogens is 603 g/mol. The van der Waals surface area contributed by atoms with E-state index < -0.39 is 12.0 Å². The van der Waals surface area contributed by atoms with Crippen molar-refractivity contribution in [2.24, 2.45) is 4.99 Å². The molecule has 0 aliphatic carbocycles. The Morgan fingerprint density at radius 1 is 1.16 bits per heavy atom. The molecule has 0 saturated carbocycles. The lowest BCUT2D eigenvalue weighted by Crippen LogP contribution is -2.40. The second-order valence-corrected chi connectivity index (χ2v) is 10.8. The van der Waals surface area contributed by atoms with Crippen molar-refractivity contribution >= 4 is 46.0 Å². The van der Waals surface area contributed by atoms with Crippen molar-refractivity contribution in [3.8, 4) is 11.5 Å². The molecule has 1 aliphatic heterocycles. The number of carbonyl (C=O) groups is 1. The number of hydrogen-bond donors (Lipinski definition) is 0. The van der Waals surface area contributed by atoms with Gasteiger partial charge in [-0.15, -0.1) is 0 Å². The summed E-state index contributed by atoms with van der Waals surface area (Å²) in [5, 5.41) is 0. The molecule has 7 nitrogen and oxygen atoms in total. The number of hydrogen-bond acceptors (Lipinski definition) is 7. The first kappa shape index (κ1) is 27.1. The van der Waals surface area contributed by atoms with E-state index in [1.54, 1.807) is 18.4 Å². The molecule has 37 heavy (non-hydrogen) atoms. The summed E-state index contributed by atoms with van der Waals surface area (Å²) >= 11 is 3.52. The zero-order valence-corrected chi connectivity index (χ0v) is 24.4. The number of benzene rings is 2. The van der Waals surface area contributed by atoms with Gasteiger partial charge in [0.05, 0.1) is 38.7 Å². The van der Waals surface area contributed by atoms with E-state index >= 15 is 0 Å². The predicted molar refractivity (Wildman–Crippen MR) is 153 cm³/mol. The molecule has 9 heteroatoms. The maximum atomic E-state index is 13.9. The summed E-state index contributed by atoms with van der Waals surface area (Å²) < 4.78 is 20.2. The van der Waals surface area contributed by atoms with Gasteiger partial charge in [-0.3, -0.25) is 9.36 Å². The Morgan fingerprint density at radius 2 is 1.92 bits per heavy atom. The molecule has 3 aromatic rings. The van der Waals surface area contributed by atoms with Crippen LogP contribution in [0.5, 0.6) is 11.5 Å². The monoisotopic (exact) mass is 632 g/mol. The van der Waals surface area contributed by atoms with Gasteiger partial charge in [0.15, 0.2) is 4.80 Å². The quantitative estimate of drug-likeness (QED) is 0.268. The molecule has 0 amide bonds. The highest BCUT2D eigenvalue weighted by Crippen LogP contribution is 2.36. The second kappa shape index (κ2) is 11.6. The first-order chi connectivity index (χ1) is 17.7. The maximum absolute atomic E-state index is 13.9. The number of allylic oxidation sites excluding steroid dienone is 1. The van der Waals surface area contributed by atoms with Crippen LogP contribution in [0, 0.1) is 3.57 Å². The Bertz CT molecular complexity index is 1540. The van der Waals surface area contributed by atoms with Crippen LogP contribution < -0.4 is 24.4 Å². The standard InChI is InChI=1S/C28H29IN2O5S/c1-6-34-22-13-12-18(14-20(22)29)15-23-26(32)31-25(19-10-8-9-11-21(19)36-16(3)4)24(27(33)35-7-2)17(5)30-28(31)37-23/h8-16,25H,6-7H2,1-5H3/b23-15+/t25-/m1/s1. The highest BCUT2D eigenvalue weighted by atomic mass is 127. The summed E-state index contributed by atoms with van der Waals surface area (Å²) in [5.74, 6) is 0.913. The molecule has 1 atom stereocenters. The molecule has 0 fully saturated rings. The number of para-hydroxylation sites is 1. The number of aromatic nitrogens is 1. The number of esters is 1. The van der Waals surface area contributed by atoms with Crippen molar-refractivity contribution in [3.05, 3.63) is 88.1 Å². The molecule has 194 valence electrons. The zero-order chi connectivity index (χ0) is 26.7. The van der Waals surface area contributed by atoms with Crippen LogP contribution in [-0.2, 0) is 9.53 Å². The number of rotatable bonds is 8. The van der Waals surface area contributed by atoms with Gasteiger partial charge in [0, 0.05) is 5.56 Å². The summed E-state index contributed by atoms with van der Waals surface area (Å²) in [6.07, 6.45) is 1.76. The van der Waals surface area contributed by atoms with Crippen LogP contribution in [0.4, 0.5) is 0 Å². The van der Waals surface area contributed by atoms with Crippen LogP contribution in [0.25, 0.3) is 6.08 Å². The number of fused-ring (bicyclic) bond motifs is 1. The van der Waals surface area contributed by atoms with E-state index in [0.717, 1.165) is 14.9 Å². The first-order valence-electron chi connectivity index (χ1n) is 12.1. The first-order valence-corrected chi connectivity index (χ1v) is 14.0. The normalized spacial score (nSPS) is 15.4. The molecule has 0 saturated heterocycles. The fourth-order valence-electron chi connectivity index (χ4n) is 4.18. The number of nitrogens with zero attached hydrogens (tertiary/aromatic N) is 2. The number of halogens is 1. The molecular formula is C28H29IN2O5S. The van der Waals surface area contributed by atoms with E-state index in [1.807, 2.05) is 69.3 Å². The van der Waals surface area contributed by atoms with E-state index in [0.29, 0.717) is 38.5 Å². The highest BCUT2D eigenvalue weighted by molar-refractivity contribution is 14.1. The van der Waals surface area contributed by atoms with Gasteiger partial charge < -0.3 is 14.2 Å². The van der Waals surface area contributed by atoms with Crippen molar-refractivity contribution in [2.45, 2.75) is 46.8 Å². The van der Waals surface area contributed by atoms with Gasteiger partial charge in [-0.25, -0.2) is 9.79 Å². The van der Waals surface area contributed by atoms with E-state index in [4.69, 9.17) is 14.2 Å². The van der Waals surface area contributed by atoms with Crippen molar-refractivity contribution in [1.29, 1.82) is 0 Å². The number of carbonyl (C=O) groups excluding carboxylic acids is 1. The summed E-state index contributed by atoms with van der Waals surface area (Å²) in [6.45, 7) is 10.1. The Morgan fingerprint density at radius 3 is 2.59 bits per heavy atom. The van der Waals surface area contributed by atoms with E-state index in [1.165, 1.54) is 11.3 Å². The summed E-state index contributed by atoms with van der Waals surface area (Å²) in [6, 6.07) is 12.5. The fraction of sp³-hybridized carbons (Fsp3) is 0.321. The molecule has 4 rings (SSSR count). The smallest absolute Gasteiger partial charge is 0.338 e. The average Bonchev–Trinajstić information content (AvgIpc) is 3.14. The van der Waals surface area contributed by atoms with Gasteiger partial charge in [-0.2, -0.15) is 0 Å². The van der Waals surface area contributed by atoms with Crippen molar-refractivity contribution in [3.63, 3.8) is 0 Å². The highest BCUT2D eigenvalue weighted by Gasteiger charge is 2.35. The fourth-order valence-corrected chi connectivity index (χ4v) is 5.93. The minimum atomic E-state index is -0.729. The SMILES string of the molecule is CCOC(=O)C1=C(C)N=c2s/c(=C/c3ccc(OCC)c(I)c3)c(=O)n2[C@@H]1c1ccccc1OC(C)C. The Kier molecular flexibility index (Phi) is 8.53. The third-order valence-electron chi connectivity index (χ3n) is 5.65. The largest absolute Gasteiger partial charge is 0.493 e. The lowest BCUT2D eigenvalue weighted by Gasteiger charge is -2.26. The Hall–Kier alpha value is -2.92. The minimum absolute atomic E-state index is 0.0877. The molecule has 1 aromatic heterocycles. The molecule has 0 radical (unpaired) electrons. The molecule has 0 spiro atoms. The Balaban J connectivity index is 1.93. The summed E-state index contributed by atoms with van der Waals surface area (Å²) in [5.41, 5.74) is 2.20. The summed E-state index contributed by atoms with van der Waals surface area (Å²) in [7, 11) is 0. The topological polar surface area (TPSA) is 79.1 Å². The minimum Gasteiger partial charge on any atom is -0.493 e. The van der Waals surface area contributed by atoms with Crippen LogP contribution in [0.1, 0.15) is 51.8 Å². The molecule has 0 bridgehead atoms. The van der Waals surface area contributed by atoms with Crippen molar-refractivity contribution < 1.29 is 19.0 Å². The summed E-state index contributed by atoms with van der Waals surface area (Å²) in [4.78, 5) is 32.2. The van der Waals surface area contributed by atoms with Gasteiger partial charge in [0.25, 0.3) is 5.56 Å². The lowest BCUT2D eigenvalue weighted by atomic mass is 9.95. The molecule has 0 unspecified atom stereocenters. The van der Waals surface area contributed by atoms with Crippen LogP contribution in [0.2, 0.25) is 0 Å². The predicted octanol–water partition coefficient (Wildman–Crippen LogP) is 4.59. The van der Waals surface area contributed by atoms with Gasteiger partial charge in [-0.05, 0) is 87.0 Å². The lowest BCUT2D eigenvalue weighted by molar-refractivity contribution is -0.139. The van der Waals surface area contributed by atoms with Gasteiger partial charge in [0.2, 0.25) is 0 Å². The van der Waals surface area contributed by atoms with E-state index in [-0.39, 0.29) is 18.3 Å². The number of thiazole rings is 1. The third kappa shape index (κ3) is 5.67. The van der Waals surface area contributed by atoms with Crippen molar-refractivity contribution in [2.75, 3.05) is 13.2 Å².